The van der Waals surface area contributed by atoms with Crippen molar-refractivity contribution >= 4 is 11.8 Å². The number of nitrogens with one attached hydrogen (secondary N) is 1. The van der Waals surface area contributed by atoms with Gasteiger partial charge in [-0.05, 0) is 18.3 Å². The van der Waals surface area contributed by atoms with Crippen LogP contribution in [-0.4, -0.2) is 35.8 Å². The topological polar surface area (TPSA) is 49.4 Å². The molecule has 0 spiro atoms. The first-order valence-corrected chi connectivity index (χ1v) is 5.98. The minimum atomic E-state index is -0.285. The van der Waals surface area contributed by atoms with Crippen LogP contribution in [0.3, 0.4) is 0 Å². The first-order valence-electron chi connectivity index (χ1n) is 5.98. The molecule has 2 amide bonds. The van der Waals surface area contributed by atoms with Crippen molar-refractivity contribution in [3.63, 3.8) is 0 Å². The molecule has 1 saturated heterocycles. The fourth-order valence-electron chi connectivity index (χ4n) is 1.87. The van der Waals surface area contributed by atoms with Gasteiger partial charge in [-0.15, -0.1) is 0 Å². The molecule has 1 rings (SSSR count). The largest absolute Gasteiger partial charge is 0.345 e. The van der Waals surface area contributed by atoms with Gasteiger partial charge in [0.1, 0.15) is 6.04 Å². The van der Waals surface area contributed by atoms with Crippen molar-refractivity contribution in [2.24, 2.45) is 5.41 Å². The Morgan fingerprint density at radius 2 is 2.00 bits per heavy atom. The zero-order chi connectivity index (χ0) is 12.3. The number of carbonyl (C=O) groups excluding carboxylic acids is 2. The van der Waals surface area contributed by atoms with Gasteiger partial charge in [0.2, 0.25) is 11.8 Å². The zero-order valence-corrected chi connectivity index (χ0v) is 10.7. The first-order chi connectivity index (χ1) is 7.41. The van der Waals surface area contributed by atoms with Crippen LogP contribution in [0.15, 0.2) is 0 Å². The molecule has 1 fully saturated rings. The average molecular weight is 226 g/mol. The van der Waals surface area contributed by atoms with Crippen LogP contribution < -0.4 is 5.32 Å². The molecular weight excluding hydrogens is 204 g/mol. The van der Waals surface area contributed by atoms with Crippen LogP contribution in [0.4, 0.5) is 0 Å². The van der Waals surface area contributed by atoms with Crippen molar-refractivity contribution in [3.8, 4) is 0 Å². The van der Waals surface area contributed by atoms with Crippen LogP contribution >= 0.6 is 0 Å². The number of nitrogens with zero attached hydrogens (tertiary/aromatic N) is 1. The summed E-state index contributed by atoms with van der Waals surface area (Å²) in [4.78, 5) is 25.2. The first kappa shape index (κ1) is 13.0. The zero-order valence-electron chi connectivity index (χ0n) is 10.7. The van der Waals surface area contributed by atoms with E-state index in [9.17, 15) is 9.59 Å². The van der Waals surface area contributed by atoms with Gasteiger partial charge < -0.3 is 10.2 Å². The summed E-state index contributed by atoms with van der Waals surface area (Å²) in [6.07, 6.45) is 1.67. The average Bonchev–Trinajstić information content (AvgIpc) is 2.24. The van der Waals surface area contributed by atoms with Gasteiger partial charge in [-0.3, -0.25) is 9.59 Å². The molecule has 0 aromatic rings. The molecule has 4 nitrogen and oxygen atoms in total. The van der Waals surface area contributed by atoms with Crippen LogP contribution in [0.5, 0.6) is 0 Å². The van der Waals surface area contributed by atoms with E-state index in [0.717, 1.165) is 6.42 Å². The Balaban J connectivity index is 2.80. The normalized spacial score (nSPS) is 22.2. The predicted octanol–water partition coefficient (Wildman–Crippen LogP) is 1.16. The van der Waals surface area contributed by atoms with Gasteiger partial charge in [0.05, 0.1) is 6.54 Å². The van der Waals surface area contributed by atoms with Crippen LogP contribution in [0.25, 0.3) is 0 Å². The molecule has 1 aliphatic rings. The Hall–Kier alpha value is -1.06. The van der Waals surface area contributed by atoms with Crippen molar-refractivity contribution in [3.05, 3.63) is 0 Å². The van der Waals surface area contributed by atoms with Crippen LogP contribution in [0.2, 0.25) is 0 Å². The summed E-state index contributed by atoms with van der Waals surface area (Å²) in [5.41, 5.74) is 0.0701. The van der Waals surface area contributed by atoms with Crippen LogP contribution in [0.1, 0.15) is 40.5 Å². The van der Waals surface area contributed by atoms with E-state index in [1.54, 1.807) is 4.90 Å². The lowest BCUT2D eigenvalue weighted by atomic mass is 9.88. The van der Waals surface area contributed by atoms with E-state index in [2.05, 4.69) is 26.1 Å². The molecule has 0 bridgehead atoms. The van der Waals surface area contributed by atoms with Gasteiger partial charge in [-0.1, -0.05) is 27.7 Å². The molecule has 92 valence electrons. The molecule has 0 radical (unpaired) electrons. The second-order valence-corrected chi connectivity index (χ2v) is 5.18. The fraction of sp³-hybridized carbons (Fsp3) is 0.833. The third-order valence-corrected chi connectivity index (χ3v) is 3.36. The van der Waals surface area contributed by atoms with Gasteiger partial charge in [0.25, 0.3) is 0 Å². The van der Waals surface area contributed by atoms with E-state index >= 15 is 0 Å². The Morgan fingerprint density at radius 3 is 2.50 bits per heavy atom. The lowest BCUT2D eigenvalue weighted by molar-refractivity contribution is -0.147. The highest BCUT2D eigenvalue weighted by molar-refractivity contribution is 5.94. The summed E-state index contributed by atoms with van der Waals surface area (Å²) in [6.45, 7) is 9.10. The SMILES string of the molecule is CCC1C(=O)NCC(=O)N1CC(C)(C)CC. The van der Waals surface area contributed by atoms with Crippen LogP contribution in [0, 0.1) is 5.41 Å². The highest BCUT2D eigenvalue weighted by Crippen LogP contribution is 2.24. The van der Waals surface area contributed by atoms with Gasteiger partial charge >= 0.3 is 0 Å². The third-order valence-electron chi connectivity index (χ3n) is 3.36. The summed E-state index contributed by atoms with van der Waals surface area (Å²) in [6, 6.07) is -0.285. The Morgan fingerprint density at radius 1 is 1.38 bits per heavy atom. The van der Waals surface area contributed by atoms with Crippen molar-refractivity contribution in [1.82, 2.24) is 10.2 Å². The maximum absolute atomic E-state index is 11.8. The summed E-state index contributed by atoms with van der Waals surface area (Å²) in [7, 11) is 0. The third kappa shape index (κ3) is 2.74. The molecule has 1 atom stereocenters. The van der Waals surface area contributed by atoms with Gasteiger partial charge in [-0.2, -0.15) is 0 Å². The molecule has 0 aliphatic carbocycles. The molecule has 4 heteroatoms. The number of amides is 2. The van der Waals surface area contributed by atoms with Gasteiger partial charge in [-0.25, -0.2) is 0 Å². The molecule has 1 unspecified atom stereocenters. The molecule has 0 aromatic carbocycles. The monoisotopic (exact) mass is 226 g/mol. The molecule has 1 N–H and O–H groups in total. The van der Waals surface area contributed by atoms with E-state index in [1.165, 1.54) is 0 Å². The quantitative estimate of drug-likeness (QED) is 0.782. The maximum atomic E-state index is 11.8. The number of rotatable bonds is 4. The summed E-state index contributed by atoms with van der Waals surface area (Å²) >= 11 is 0. The lowest BCUT2D eigenvalue weighted by Gasteiger charge is -2.39. The van der Waals surface area contributed by atoms with Gasteiger partial charge in [0.15, 0.2) is 0 Å². The molecule has 0 aromatic heterocycles. The minimum absolute atomic E-state index is 0.0194. The smallest absolute Gasteiger partial charge is 0.243 e. The Bertz CT molecular complexity index is 287. The number of hydrogen-bond donors (Lipinski definition) is 1. The van der Waals surface area contributed by atoms with Crippen molar-refractivity contribution in [1.29, 1.82) is 0 Å². The van der Waals surface area contributed by atoms with Gasteiger partial charge in [0, 0.05) is 6.54 Å². The summed E-state index contributed by atoms with van der Waals surface area (Å²) < 4.78 is 0. The van der Waals surface area contributed by atoms with E-state index in [-0.39, 0.29) is 29.8 Å². The predicted molar refractivity (Wildman–Crippen MR) is 62.9 cm³/mol. The second kappa shape index (κ2) is 4.85. The second-order valence-electron chi connectivity index (χ2n) is 5.18. The van der Waals surface area contributed by atoms with Crippen molar-refractivity contribution < 1.29 is 9.59 Å². The van der Waals surface area contributed by atoms with E-state index in [1.807, 2.05) is 6.92 Å². The van der Waals surface area contributed by atoms with E-state index < -0.39 is 0 Å². The number of hydrogen-bond acceptors (Lipinski definition) is 2. The van der Waals surface area contributed by atoms with E-state index in [4.69, 9.17) is 0 Å². The highest BCUT2D eigenvalue weighted by atomic mass is 16.2. The van der Waals surface area contributed by atoms with Crippen molar-refractivity contribution in [2.75, 3.05) is 13.1 Å². The number of carbonyl (C=O) groups is 2. The molecular formula is C12H22N2O2. The van der Waals surface area contributed by atoms with Crippen molar-refractivity contribution in [2.45, 2.75) is 46.6 Å². The number of piperazine rings is 1. The molecule has 0 saturated carbocycles. The maximum Gasteiger partial charge on any atom is 0.243 e. The Labute approximate surface area is 97.4 Å². The molecule has 1 aliphatic heterocycles. The lowest BCUT2D eigenvalue weighted by Crippen LogP contribution is -2.59. The highest BCUT2D eigenvalue weighted by Gasteiger charge is 2.35. The molecule has 16 heavy (non-hydrogen) atoms. The molecule has 1 heterocycles. The fourth-order valence-corrected chi connectivity index (χ4v) is 1.87. The standard InChI is InChI=1S/C12H22N2O2/c1-5-9-11(16)13-7-10(15)14(9)8-12(3,4)6-2/h9H,5-8H2,1-4H3,(H,13,16). The minimum Gasteiger partial charge on any atom is -0.345 e. The van der Waals surface area contributed by atoms with E-state index in [0.29, 0.717) is 13.0 Å². The summed E-state index contributed by atoms with van der Waals surface area (Å²) in [5.74, 6) is 0.0157. The summed E-state index contributed by atoms with van der Waals surface area (Å²) in [5, 5.41) is 2.64. The Kier molecular flexibility index (Phi) is 3.94. The van der Waals surface area contributed by atoms with Crippen LogP contribution in [-0.2, 0) is 9.59 Å².